The van der Waals surface area contributed by atoms with Gasteiger partial charge in [0.2, 0.25) is 0 Å². The van der Waals surface area contributed by atoms with Gasteiger partial charge in [-0.15, -0.1) is 0 Å². The maximum Gasteiger partial charge on any atom is 0.168 e. The fourth-order valence-corrected chi connectivity index (χ4v) is 2.21. The molecule has 1 aliphatic rings. The lowest BCUT2D eigenvalue weighted by atomic mass is 9.95. The molecule has 0 aromatic heterocycles. The second-order valence-electron chi connectivity index (χ2n) is 4.98. The molecular formula is C13H26O2. The van der Waals surface area contributed by atoms with E-state index in [1.807, 2.05) is 0 Å². The van der Waals surface area contributed by atoms with Crippen molar-refractivity contribution in [1.29, 1.82) is 0 Å². The molecular weight excluding hydrogens is 188 g/mol. The zero-order valence-electron chi connectivity index (χ0n) is 10.7. The fraction of sp³-hybridized carbons (Fsp3) is 1.00. The van der Waals surface area contributed by atoms with Crippen LogP contribution in [0.1, 0.15) is 53.4 Å². The first-order valence-corrected chi connectivity index (χ1v) is 6.40. The number of ether oxygens (including phenoxy) is 2. The van der Waals surface area contributed by atoms with E-state index in [0.717, 1.165) is 13.2 Å². The molecule has 1 rings (SSSR count). The Labute approximate surface area is 94.3 Å². The molecule has 1 fully saturated rings. The van der Waals surface area contributed by atoms with Crippen LogP contribution in [0, 0.1) is 11.8 Å². The van der Waals surface area contributed by atoms with Gasteiger partial charge in [-0.25, -0.2) is 0 Å². The lowest BCUT2D eigenvalue weighted by Gasteiger charge is -2.41. The van der Waals surface area contributed by atoms with Crippen molar-refractivity contribution in [3.05, 3.63) is 0 Å². The molecule has 0 radical (unpaired) electrons. The highest BCUT2D eigenvalue weighted by Gasteiger charge is 2.37. The van der Waals surface area contributed by atoms with Crippen molar-refractivity contribution in [3.63, 3.8) is 0 Å². The molecule has 0 aliphatic carbocycles. The van der Waals surface area contributed by atoms with E-state index < -0.39 is 0 Å². The zero-order chi connectivity index (χ0) is 11.3. The third-order valence-electron chi connectivity index (χ3n) is 3.53. The summed E-state index contributed by atoms with van der Waals surface area (Å²) in [7, 11) is 0. The van der Waals surface area contributed by atoms with Crippen LogP contribution in [0.15, 0.2) is 0 Å². The fourth-order valence-electron chi connectivity index (χ4n) is 2.21. The standard InChI is InChI=1S/C13H26O2/c1-5-7-11(3)13(4)14-9-12(8-6-2)10-15-13/h11-12H,5-10H2,1-4H3. The minimum absolute atomic E-state index is 0.333. The summed E-state index contributed by atoms with van der Waals surface area (Å²) in [6.07, 6.45) is 4.81. The predicted octanol–water partition coefficient (Wildman–Crippen LogP) is 3.60. The molecule has 2 heteroatoms. The van der Waals surface area contributed by atoms with E-state index in [1.54, 1.807) is 0 Å². The highest BCUT2D eigenvalue weighted by Crippen LogP contribution is 2.32. The molecule has 0 spiro atoms. The van der Waals surface area contributed by atoms with Crippen LogP contribution in [-0.4, -0.2) is 19.0 Å². The number of hydrogen-bond donors (Lipinski definition) is 0. The van der Waals surface area contributed by atoms with Crippen molar-refractivity contribution >= 4 is 0 Å². The Morgan fingerprint density at radius 3 is 2.27 bits per heavy atom. The third kappa shape index (κ3) is 3.46. The van der Waals surface area contributed by atoms with Gasteiger partial charge in [0.15, 0.2) is 5.79 Å². The molecule has 1 aliphatic heterocycles. The first-order chi connectivity index (χ1) is 7.12. The van der Waals surface area contributed by atoms with Crippen LogP contribution >= 0.6 is 0 Å². The highest BCUT2D eigenvalue weighted by atomic mass is 16.7. The van der Waals surface area contributed by atoms with Gasteiger partial charge in [0, 0.05) is 11.8 Å². The number of hydrogen-bond acceptors (Lipinski definition) is 2. The molecule has 0 bridgehead atoms. The van der Waals surface area contributed by atoms with Crippen LogP contribution in [0.3, 0.4) is 0 Å². The second kappa shape index (κ2) is 5.86. The van der Waals surface area contributed by atoms with E-state index in [0.29, 0.717) is 11.8 Å². The van der Waals surface area contributed by atoms with Crippen molar-refractivity contribution in [3.8, 4) is 0 Å². The summed E-state index contributed by atoms with van der Waals surface area (Å²) in [6, 6.07) is 0. The quantitative estimate of drug-likeness (QED) is 0.696. The van der Waals surface area contributed by atoms with Crippen molar-refractivity contribution in [2.45, 2.75) is 59.2 Å². The van der Waals surface area contributed by atoms with Gasteiger partial charge >= 0.3 is 0 Å². The first-order valence-electron chi connectivity index (χ1n) is 6.40. The summed E-state index contributed by atoms with van der Waals surface area (Å²) in [5.74, 6) is 0.766. The summed E-state index contributed by atoms with van der Waals surface area (Å²) in [5.41, 5.74) is 0. The maximum absolute atomic E-state index is 5.92. The van der Waals surface area contributed by atoms with Gasteiger partial charge in [-0.05, 0) is 19.8 Å². The lowest BCUT2D eigenvalue weighted by molar-refractivity contribution is -0.297. The molecule has 0 aromatic carbocycles. The third-order valence-corrected chi connectivity index (χ3v) is 3.53. The summed E-state index contributed by atoms with van der Waals surface area (Å²) in [5, 5.41) is 0. The number of rotatable bonds is 5. The van der Waals surface area contributed by atoms with Gasteiger partial charge in [-0.3, -0.25) is 0 Å². The van der Waals surface area contributed by atoms with Crippen LogP contribution < -0.4 is 0 Å². The second-order valence-corrected chi connectivity index (χ2v) is 4.98. The van der Waals surface area contributed by atoms with Gasteiger partial charge < -0.3 is 9.47 Å². The molecule has 0 amide bonds. The van der Waals surface area contributed by atoms with Crippen molar-refractivity contribution in [2.75, 3.05) is 13.2 Å². The Bertz CT molecular complexity index is 171. The molecule has 1 unspecified atom stereocenters. The van der Waals surface area contributed by atoms with E-state index in [1.165, 1.54) is 25.7 Å². The lowest BCUT2D eigenvalue weighted by Crippen LogP contribution is -2.46. The molecule has 1 atom stereocenters. The minimum Gasteiger partial charge on any atom is -0.350 e. The van der Waals surface area contributed by atoms with Gasteiger partial charge in [0.1, 0.15) is 0 Å². The summed E-state index contributed by atoms with van der Waals surface area (Å²) in [6.45, 7) is 10.5. The summed E-state index contributed by atoms with van der Waals surface area (Å²) in [4.78, 5) is 0. The Morgan fingerprint density at radius 2 is 1.80 bits per heavy atom. The topological polar surface area (TPSA) is 18.5 Å². The van der Waals surface area contributed by atoms with E-state index in [4.69, 9.17) is 9.47 Å². The zero-order valence-corrected chi connectivity index (χ0v) is 10.7. The van der Waals surface area contributed by atoms with Crippen molar-refractivity contribution in [2.24, 2.45) is 11.8 Å². The van der Waals surface area contributed by atoms with E-state index in [2.05, 4.69) is 27.7 Å². The Balaban J connectivity index is 2.39. The van der Waals surface area contributed by atoms with Crippen LogP contribution in [0.5, 0.6) is 0 Å². The maximum atomic E-state index is 5.92. The smallest absolute Gasteiger partial charge is 0.168 e. The highest BCUT2D eigenvalue weighted by molar-refractivity contribution is 4.76. The largest absolute Gasteiger partial charge is 0.350 e. The Hall–Kier alpha value is -0.0800. The molecule has 1 saturated heterocycles. The van der Waals surface area contributed by atoms with Crippen LogP contribution in [-0.2, 0) is 9.47 Å². The minimum atomic E-state index is -0.333. The monoisotopic (exact) mass is 214 g/mol. The molecule has 1 heterocycles. The molecule has 90 valence electrons. The van der Waals surface area contributed by atoms with Crippen LogP contribution in [0.4, 0.5) is 0 Å². The molecule has 0 N–H and O–H groups in total. The summed E-state index contributed by atoms with van der Waals surface area (Å²) >= 11 is 0. The van der Waals surface area contributed by atoms with Crippen molar-refractivity contribution in [1.82, 2.24) is 0 Å². The van der Waals surface area contributed by atoms with Crippen molar-refractivity contribution < 1.29 is 9.47 Å². The predicted molar refractivity (Wildman–Crippen MR) is 62.8 cm³/mol. The SMILES string of the molecule is CCCC1COC(C)(C(C)CCC)OC1. The van der Waals surface area contributed by atoms with E-state index in [9.17, 15) is 0 Å². The molecule has 0 saturated carbocycles. The average molecular weight is 214 g/mol. The van der Waals surface area contributed by atoms with Gasteiger partial charge in [0.25, 0.3) is 0 Å². The van der Waals surface area contributed by atoms with E-state index >= 15 is 0 Å². The molecule has 2 nitrogen and oxygen atoms in total. The van der Waals surface area contributed by atoms with E-state index in [-0.39, 0.29) is 5.79 Å². The van der Waals surface area contributed by atoms with Gasteiger partial charge in [0.05, 0.1) is 13.2 Å². The van der Waals surface area contributed by atoms with Gasteiger partial charge in [-0.2, -0.15) is 0 Å². The summed E-state index contributed by atoms with van der Waals surface area (Å²) < 4.78 is 11.8. The van der Waals surface area contributed by atoms with Gasteiger partial charge in [-0.1, -0.05) is 33.6 Å². The van der Waals surface area contributed by atoms with Crippen LogP contribution in [0.2, 0.25) is 0 Å². The Kier molecular flexibility index (Phi) is 5.07. The molecule has 0 aromatic rings. The van der Waals surface area contributed by atoms with Crippen LogP contribution in [0.25, 0.3) is 0 Å². The average Bonchev–Trinajstić information content (AvgIpc) is 2.22. The Morgan fingerprint density at radius 1 is 1.20 bits per heavy atom. The first kappa shape index (κ1) is 13.0. The molecule has 15 heavy (non-hydrogen) atoms. The normalized spacial score (nSPS) is 34.0.